The second-order valence-electron chi connectivity index (χ2n) is 13.5. The van der Waals surface area contributed by atoms with E-state index in [4.69, 9.17) is 24.4 Å². The fourth-order valence-electron chi connectivity index (χ4n) is 7.52. The van der Waals surface area contributed by atoms with Crippen molar-refractivity contribution in [1.29, 1.82) is 0 Å². The Labute approximate surface area is 313 Å². The summed E-state index contributed by atoms with van der Waals surface area (Å²) in [5.74, 6) is 1.79. The van der Waals surface area contributed by atoms with Gasteiger partial charge >= 0.3 is 0 Å². The molecule has 3 aromatic heterocycles. The third-order valence-electron chi connectivity index (χ3n) is 10.1. The van der Waals surface area contributed by atoms with E-state index in [1.54, 1.807) is 11.3 Å². The standard InChI is InChI=1S/C48H28N4OS/c1-3-13-30(14-4-1)38-26-35(25-33-18-9-10-19-36(33)38)46-50-45(34-23-22-29-12-7-8-17-32(29)24-34)51-47(52-46)37-20-11-21-41-44(37)39-27-40-43(28-42(39)53-41)54-48(49-40)31-15-5-2-6-16-31/h1-28H. The molecule has 0 aliphatic heterocycles. The lowest BCUT2D eigenvalue weighted by molar-refractivity contribution is 0.669. The molecule has 11 aromatic rings. The van der Waals surface area contributed by atoms with Crippen LogP contribution in [0.15, 0.2) is 174 Å². The van der Waals surface area contributed by atoms with E-state index in [-0.39, 0.29) is 0 Å². The average Bonchev–Trinajstić information content (AvgIpc) is 3.83. The summed E-state index contributed by atoms with van der Waals surface area (Å²) in [6, 6.07) is 58.8. The number of fused-ring (bicyclic) bond motifs is 6. The molecule has 3 heterocycles. The van der Waals surface area contributed by atoms with E-state index >= 15 is 0 Å². The predicted molar refractivity (Wildman–Crippen MR) is 222 cm³/mol. The molecule has 0 aliphatic rings. The Hall–Kier alpha value is -7.02. The number of benzene rings is 8. The first-order chi connectivity index (χ1) is 26.7. The third-order valence-corrected chi connectivity index (χ3v) is 11.2. The first-order valence-electron chi connectivity index (χ1n) is 17.9. The molecule has 0 unspecified atom stereocenters. The zero-order chi connectivity index (χ0) is 35.6. The lowest BCUT2D eigenvalue weighted by Crippen LogP contribution is -2.01. The molecule has 0 saturated heterocycles. The van der Waals surface area contributed by atoms with E-state index in [1.165, 1.54) is 5.39 Å². The minimum atomic E-state index is 0.578. The topological polar surface area (TPSA) is 64.7 Å². The molecular formula is C48H28N4OS. The number of hydrogen-bond acceptors (Lipinski definition) is 6. The van der Waals surface area contributed by atoms with Crippen molar-refractivity contribution in [2.75, 3.05) is 0 Å². The summed E-state index contributed by atoms with van der Waals surface area (Å²) in [5.41, 5.74) is 8.59. The van der Waals surface area contributed by atoms with Crippen LogP contribution in [0.25, 0.3) is 110 Å². The van der Waals surface area contributed by atoms with Crippen molar-refractivity contribution in [2.24, 2.45) is 0 Å². The molecule has 0 amide bonds. The minimum absolute atomic E-state index is 0.578. The molecule has 0 spiro atoms. The van der Waals surface area contributed by atoms with Gasteiger partial charge in [-0.05, 0) is 63.0 Å². The number of rotatable bonds is 5. The highest BCUT2D eigenvalue weighted by molar-refractivity contribution is 7.21. The number of furan rings is 1. The van der Waals surface area contributed by atoms with Crippen LogP contribution >= 0.6 is 11.3 Å². The van der Waals surface area contributed by atoms with Crippen LogP contribution in [-0.4, -0.2) is 19.9 Å². The van der Waals surface area contributed by atoms with Crippen molar-refractivity contribution >= 4 is 65.0 Å². The van der Waals surface area contributed by atoms with Gasteiger partial charge in [-0.25, -0.2) is 19.9 Å². The molecule has 0 saturated carbocycles. The van der Waals surface area contributed by atoms with Crippen molar-refractivity contribution < 1.29 is 4.42 Å². The largest absolute Gasteiger partial charge is 0.456 e. The lowest BCUT2D eigenvalue weighted by Gasteiger charge is -2.13. The first-order valence-corrected chi connectivity index (χ1v) is 18.7. The second-order valence-corrected chi connectivity index (χ2v) is 14.5. The summed E-state index contributed by atoms with van der Waals surface area (Å²) in [6.07, 6.45) is 0. The summed E-state index contributed by atoms with van der Waals surface area (Å²) >= 11 is 1.67. The molecule has 5 nitrogen and oxygen atoms in total. The fourth-order valence-corrected chi connectivity index (χ4v) is 8.50. The Morgan fingerprint density at radius 3 is 1.91 bits per heavy atom. The molecule has 54 heavy (non-hydrogen) atoms. The van der Waals surface area contributed by atoms with Crippen LogP contribution < -0.4 is 0 Å². The highest BCUT2D eigenvalue weighted by Gasteiger charge is 2.20. The quantitative estimate of drug-likeness (QED) is 0.178. The van der Waals surface area contributed by atoms with Crippen molar-refractivity contribution in [3.8, 4) is 55.9 Å². The van der Waals surface area contributed by atoms with Gasteiger partial charge in [0.15, 0.2) is 17.5 Å². The molecule has 0 aliphatic carbocycles. The Morgan fingerprint density at radius 2 is 1.07 bits per heavy atom. The normalized spacial score (nSPS) is 11.7. The first kappa shape index (κ1) is 30.6. The molecular weight excluding hydrogens is 681 g/mol. The SMILES string of the molecule is c1ccc(-c2nc3cc4c(cc3s2)oc2cccc(-c3nc(-c5ccc6ccccc6c5)nc(-c5cc(-c6ccccc6)c6ccccc6c5)n3)c24)cc1. The highest BCUT2D eigenvalue weighted by atomic mass is 32.1. The Bertz CT molecular complexity index is 3220. The molecule has 0 fully saturated rings. The van der Waals surface area contributed by atoms with Crippen LogP contribution in [0.2, 0.25) is 0 Å². The molecule has 0 bridgehead atoms. The molecule has 6 heteroatoms. The van der Waals surface area contributed by atoms with Gasteiger partial charge in [0.2, 0.25) is 0 Å². The Balaban J connectivity index is 1.15. The summed E-state index contributed by atoms with van der Waals surface area (Å²) in [4.78, 5) is 20.7. The van der Waals surface area contributed by atoms with Crippen LogP contribution in [0.5, 0.6) is 0 Å². The maximum absolute atomic E-state index is 6.54. The molecule has 0 radical (unpaired) electrons. The van der Waals surface area contributed by atoms with E-state index in [9.17, 15) is 0 Å². The van der Waals surface area contributed by atoms with Crippen molar-refractivity contribution in [1.82, 2.24) is 19.9 Å². The van der Waals surface area contributed by atoms with E-state index in [0.717, 1.165) is 86.7 Å². The summed E-state index contributed by atoms with van der Waals surface area (Å²) in [5, 5.41) is 7.49. The van der Waals surface area contributed by atoms with Crippen LogP contribution in [0.3, 0.4) is 0 Å². The number of nitrogens with zero attached hydrogens (tertiary/aromatic N) is 4. The van der Waals surface area contributed by atoms with Gasteiger partial charge in [0.1, 0.15) is 16.2 Å². The smallest absolute Gasteiger partial charge is 0.164 e. The summed E-state index contributed by atoms with van der Waals surface area (Å²) < 4.78 is 7.61. The zero-order valence-electron chi connectivity index (χ0n) is 28.8. The van der Waals surface area contributed by atoms with Crippen LogP contribution in [-0.2, 0) is 0 Å². The van der Waals surface area contributed by atoms with Gasteiger partial charge in [0.25, 0.3) is 0 Å². The number of thiazole rings is 1. The van der Waals surface area contributed by atoms with Gasteiger partial charge in [-0.3, -0.25) is 0 Å². The van der Waals surface area contributed by atoms with E-state index in [0.29, 0.717) is 17.5 Å². The Kier molecular flexibility index (Phi) is 6.97. The summed E-state index contributed by atoms with van der Waals surface area (Å²) in [7, 11) is 0. The van der Waals surface area contributed by atoms with Gasteiger partial charge < -0.3 is 4.42 Å². The van der Waals surface area contributed by atoms with Gasteiger partial charge in [0.05, 0.1) is 10.2 Å². The highest BCUT2D eigenvalue weighted by Crippen LogP contribution is 2.41. The van der Waals surface area contributed by atoms with Gasteiger partial charge in [0, 0.05) is 39.1 Å². The van der Waals surface area contributed by atoms with E-state index in [1.807, 2.05) is 36.4 Å². The maximum atomic E-state index is 6.54. The Morgan fingerprint density at radius 1 is 0.389 bits per heavy atom. The maximum Gasteiger partial charge on any atom is 0.164 e. The van der Waals surface area contributed by atoms with Crippen LogP contribution in [0, 0.1) is 0 Å². The van der Waals surface area contributed by atoms with Crippen molar-refractivity contribution in [2.45, 2.75) is 0 Å². The third kappa shape index (κ3) is 5.15. The van der Waals surface area contributed by atoms with Crippen LogP contribution in [0.4, 0.5) is 0 Å². The van der Waals surface area contributed by atoms with E-state index < -0.39 is 0 Å². The minimum Gasteiger partial charge on any atom is -0.456 e. The van der Waals surface area contributed by atoms with Crippen molar-refractivity contribution in [3.05, 3.63) is 170 Å². The molecule has 0 N–H and O–H groups in total. The number of aromatic nitrogens is 4. The molecule has 11 rings (SSSR count). The lowest BCUT2D eigenvalue weighted by atomic mass is 9.95. The average molecular weight is 709 g/mol. The zero-order valence-corrected chi connectivity index (χ0v) is 29.6. The molecule has 252 valence electrons. The van der Waals surface area contributed by atoms with Crippen LogP contribution in [0.1, 0.15) is 0 Å². The molecule has 0 atom stereocenters. The predicted octanol–water partition coefficient (Wildman–Crippen LogP) is 13.0. The van der Waals surface area contributed by atoms with Gasteiger partial charge in [-0.2, -0.15) is 0 Å². The van der Waals surface area contributed by atoms with E-state index in [2.05, 4.69) is 133 Å². The second kappa shape index (κ2) is 12.3. The van der Waals surface area contributed by atoms with Gasteiger partial charge in [-0.1, -0.05) is 133 Å². The summed E-state index contributed by atoms with van der Waals surface area (Å²) in [6.45, 7) is 0. The number of hydrogen-bond donors (Lipinski definition) is 0. The van der Waals surface area contributed by atoms with Gasteiger partial charge in [-0.15, -0.1) is 11.3 Å². The molecule has 8 aromatic carbocycles. The fraction of sp³-hybridized carbons (Fsp3) is 0. The monoisotopic (exact) mass is 708 g/mol. The van der Waals surface area contributed by atoms with Crippen molar-refractivity contribution in [3.63, 3.8) is 0 Å².